The van der Waals surface area contributed by atoms with Crippen molar-refractivity contribution in [2.75, 3.05) is 27.7 Å². The summed E-state index contributed by atoms with van der Waals surface area (Å²) in [5.74, 6) is -2.02. The zero-order valence-electron chi connectivity index (χ0n) is 20.9. The smallest absolute Gasteiger partial charge is 0.352 e. The molecule has 0 aromatic heterocycles. The molecule has 2 aromatic carbocycles. The minimum absolute atomic E-state index is 0.120. The second-order valence-electron chi connectivity index (χ2n) is 8.59. The summed E-state index contributed by atoms with van der Waals surface area (Å²) < 4.78 is 18.6. The fourth-order valence-corrected chi connectivity index (χ4v) is 3.90. The average molecular weight is 516 g/mol. The number of carbonyl (C=O) groups excluding carboxylic acids is 3. The molecule has 1 unspecified atom stereocenters. The van der Waals surface area contributed by atoms with Crippen molar-refractivity contribution in [2.45, 2.75) is 32.0 Å². The lowest BCUT2D eigenvalue weighted by Gasteiger charge is -2.45. The molecular weight excluding hydrogens is 485 g/mol. The summed E-state index contributed by atoms with van der Waals surface area (Å²) in [6, 6.07) is 10.7. The highest BCUT2D eigenvalue weighted by Gasteiger charge is 2.40. The number of ether oxygens (including phenoxy) is 1. The Labute approximate surface area is 213 Å². The van der Waals surface area contributed by atoms with Crippen LogP contribution in [0.1, 0.15) is 24.0 Å². The summed E-state index contributed by atoms with van der Waals surface area (Å²) in [5, 5.41) is 15.4. The summed E-state index contributed by atoms with van der Waals surface area (Å²) in [5.41, 5.74) is 1.30. The quantitative estimate of drug-likeness (QED) is 0.550. The summed E-state index contributed by atoms with van der Waals surface area (Å²) >= 11 is 0. The molecule has 0 radical (unpaired) electrons. The van der Waals surface area contributed by atoms with Gasteiger partial charge in [0.15, 0.2) is 0 Å². The van der Waals surface area contributed by atoms with E-state index in [2.05, 4.69) is 5.32 Å². The second kappa shape index (κ2) is 12.2. The minimum atomic E-state index is -1.12. The van der Waals surface area contributed by atoms with Gasteiger partial charge in [-0.2, -0.15) is 10.1 Å². The Kier molecular flexibility index (Phi) is 9.01. The molecule has 1 heterocycles. The molecule has 0 bridgehead atoms. The van der Waals surface area contributed by atoms with E-state index in [0.29, 0.717) is 11.3 Å². The van der Waals surface area contributed by atoms with Crippen LogP contribution < -0.4 is 10.1 Å². The number of nitrogens with one attached hydrogen (secondary N) is 1. The number of carboxylic acids is 1. The zero-order valence-corrected chi connectivity index (χ0v) is 20.9. The molecule has 2 N–H and O–H groups in total. The van der Waals surface area contributed by atoms with Gasteiger partial charge >= 0.3 is 12.0 Å². The maximum atomic E-state index is 13.7. The van der Waals surface area contributed by atoms with Gasteiger partial charge < -0.3 is 20.1 Å². The van der Waals surface area contributed by atoms with E-state index < -0.39 is 35.7 Å². The van der Waals surface area contributed by atoms with Crippen LogP contribution in [-0.2, 0) is 27.5 Å². The summed E-state index contributed by atoms with van der Waals surface area (Å²) in [6.07, 6.45) is -0.487. The van der Waals surface area contributed by atoms with E-state index >= 15 is 0 Å². The van der Waals surface area contributed by atoms with Gasteiger partial charge in [-0.3, -0.25) is 14.4 Å². The summed E-state index contributed by atoms with van der Waals surface area (Å²) in [7, 11) is 4.46. The number of methoxy groups -OCH3 is 1. The van der Waals surface area contributed by atoms with Gasteiger partial charge in [0.25, 0.3) is 5.91 Å². The third-order valence-electron chi connectivity index (χ3n) is 5.98. The van der Waals surface area contributed by atoms with Gasteiger partial charge in [-0.25, -0.2) is 14.2 Å². The van der Waals surface area contributed by atoms with Crippen molar-refractivity contribution >= 4 is 23.8 Å². The number of aliphatic carboxylic acids is 1. The van der Waals surface area contributed by atoms with Crippen LogP contribution in [0.2, 0.25) is 0 Å². The van der Waals surface area contributed by atoms with Crippen LogP contribution in [0.15, 0.2) is 48.5 Å². The Hall–Kier alpha value is -4.19. The topological polar surface area (TPSA) is 123 Å². The number of nitrogens with zero attached hydrogens (tertiary/aromatic N) is 4. The molecule has 11 nitrogen and oxygen atoms in total. The molecular formula is C25H30FN5O6. The molecule has 4 amide bonds. The number of amides is 4. The van der Waals surface area contributed by atoms with Crippen molar-refractivity contribution in [3.8, 4) is 5.75 Å². The first-order chi connectivity index (χ1) is 17.6. The molecule has 1 fully saturated rings. The van der Waals surface area contributed by atoms with Crippen LogP contribution in [0.4, 0.5) is 9.18 Å². The Balaban J connectivity index is 1.93. The molecule has 3 rings (SSSR count). The number of rotatable bonds is 8. The number of hydrazine groups is 2. The van der Waals surface area contributed by atoms with Crippen LogP contribution in [0.5, 0.6) is 5.75 Å². The van der Waals surface area contributed by atoms with Crippen LogP contribution in [0.3, 0.4) is 0 Å². The maximum Gasteiger partial charge on any atom is 0.352 e. The Morgan fingerprint density at radius 3 is 2.27 bits per heavy atom. The number of halogens is 1. The van der Waals surface area contributed by atoms with E-state index in [1.165, 1.54) is 48.3 Å². The average Bonchev–Trinajstić information content (AvgIpc) is 2.87. The highest BCUT2D eigenvalue weighted by molar-refractivity contribution is 5.91. The number of hydrogen-bond acceptors (Lipinski definition) is 6. The fourth-order valence-electron chi connectivity index (χ4n) is 3.90. The molecule has 2 aromatic rings. The van der Waals surface area contributed by atoms with Crippen LogP contribution >= 0.6 is 0 Å². The van der Waals surface area contributed by atoms with E-state index in [1.54, 1.807) is 31.4 Å². The molecule has 1 saturated heterocycles. The molecule has 1 atom stereocenters. The minimum Gasteiger partial charge on any atom is -0.497 e. The lowest BCUT2D eigenvalue weighted by molar-refractivity contribution is -0.188. The van der Waals surface area contributed by atoms with Gasteiger partial charge in [-0.05, 0) is 41.8 Å². The molecule has 0 spiro atoms. The van der Waals surface area contributed by atoms with Crippen LogP contribution in [0, 0.1) is 5.82 Å². The summed E-state index contributed by atoms with van der Waals surface area (Å²) in [6.45, 7) is -0.240. The molecule has 12 heteroatoms. The van der Waals surface area contributed by atoms with Gasteiger partial charge in [0, 0.05) is 27.1 Å². The van der Waals surface area contributed by atoms with Gasteiger partial charge in [0.1, 0.15) is 17.6 Å². The summed E-state index contributed by atoms with van der Waals surface area (Å²) in [4.78, 5) is 52.4. The second-order valence-corrected chi connectivity index (χ2v) is 8.59. The number of carbonyl (C=O) groups is 4. The lowest BCUT2D eigenvalue weighted by Crippen LogP contribution is -2.66. The Morgan fingerprint density at radius 1 is 1.05 bits per heavy atom. The van der Waals surface area contributed by atoms with Gasteiger partial charge in [0.05, 0.1) is 20.2 Å². The van der Waals surface area contributed by atoms with E-state index in [-0.39, 0.29) is 32.5 Å². The first-order valence-corrected chi connectivity index (χ1v) is 11.6. The maximum absolute atomic E-state index is 13.7. The Bertz CT molecular complexity index is 1130. The third-order valence-corrected chi connectivity index (χ3v) is 5.98. The van der Waals surface area contributed by atoms with Gasteiger partial charge in [0.2, 0.25) is 5.91 Å². The first kappa shape index (κ1) is 27.4. The molecule has 0 saturated carbocycles. The largest absolute Gasteiger partial charge is 0.497 e. The molecule has 0 aliphatic carbocycles. The third kappa shape index (κ3) is 6.94. The molecule has 1 aliphatic rings. The number of urea groups is 1. The predicted octanol–water partition coefficient (Wildman–Crippen LogP) is 1.84. The Morgan fingerprint density at radius 2 is 1.68 bits per heavy atom. The van der Waals surface area contributed by atoms with Crippen molar-refractivity contribution in [3.63, 3.8) is 0 Å². The van der Waals surface area contributed by atoms with E-state index in [1.807, 2.05) is 0 Å². The van der Waals surface area contributed by atoms with E-state index in [9.17, 15) is 28.7 Å². The van der Waals surface area contributed by atoms with Crippen LogP contribution in [-0.4, -0.2) is 82.7 Å². The van der Waals surface area contributed by atoms with Crippen molar-refractivity contribution in [1.82, 2.24) is 25.4 Å². The highest BCUT2D eigenvalue weighted by Crippen LogP contribution is 2.20. The number of benzene rings is 2. The molecule has 198 valence electrons. The predicted molar refractivity (Wildman–Crippen MR) is 130 cm³/mol. The SMILES string of the molecule is COc1ccc(CNC(=O)N2N(C)CC(=O)N(C)C(CCC(=O)O)C(=O)N2Cc2ccc(F)cc2)cc1. The monoisotopic (exact) mass is 515 g/mol. The van der Waals surface area contributed by atoms with Crippen molar-refractivity contribution < 1.29 is 33.4 Å². The molecule has 37 heavy (non-hydrogen) atoms. The number of hydrogen-bond donors (Lipinski definition) is 2. The van der Waals surface area contributed by atoms with Crippen molar-refractivity contribution in [1.29, 1.82) is 0 Å². The highest BCUT2D eigenvalue weighted by atomic mass is 19.1. The zero-order chi connectivity index (χ0) is 27.1. The van der Waals surface area contributed by atoms with Crippen molar-refractivity contribution in [3.05, 3.63) is 65.5 Å². The van der Waals surface area contributed by atoms with E-state index in [0.717, 1.165) is 15.7 Å². The lowest BCUT2D eigenvalue weighted by atomic mass is 10.1. The normalized spacial score (nSPS) is 16.9. The molecule has 1 aliphatic heterocycles. The first-order valence-electron chi connectivity index (χ1n) is 11.6. The fraction of sp³-hybridized carbons (Fsp3) is 0.360. The number of likely N-dealkylation sites (N-methyl/N-ethyl adjacent to an activating group) is 2. The van der Waals surface area contributed by atoms with Gasteiger partial charge in [-0.15, -0.1) is 0 Å². The van der Waals surface area contributed by atoms with E-state index in [4.69, 9.17) is 4.74 Å². The van der Waals surface area contributed by atoms with Gasteiger partial charge in [-0.1, -0.05) is 24.3 Å². The van der Waals surface area contributed by atoms with Crippen LogP contribution in [0.25, 0.3) is 0 Å². The number of carboxylic acid groups (broad SMARTS) is 1. The van der Waals surface area contributed by atoms with Crippen molar-refractivity contribution in [2.24, 2.45) is 0 Å². The standard InChI is InChI=1S/C25H30FN5O6/c1-28-16-22(32)29(2)21(12-13-23(33)34)24(35)30(15-18-4-8-19(26)9-5-18)31(28)25(36)27-14-17-6-10-20(37-3)11-7-17/h4-11,21H,12-16H2,1-3H3,(H,27,36)(H,33,34).